The predicted octanol–water partition coefficient (Wildman–Crippen LogP) is 6.04. The third kappa shape index (κ3) is 6.51. The lowest BCUT2D eigenvalue weighted by Gasteiger charge is -2.42. The monoisotopic (exact) mass is 620 g/mol. The molecule has 7 rings (SSSR count). The van der Waals surface area contributed by atoms with E-state index >= 15 is 0 Å². The van der Waals surface area contributed by atoms with Gasteiger partial charge in [0.05, 0.1) is 25.1 Å². The molecule has 2 aliphatic heterocycles. The fourth-order valence-electron chi connectivity index (χ4n) is 7.77. The highest BCUT2D eigenvalue weighted by Gasteiger charge is 2.35. The van der Waals surface area contributed by atoms with Crippen molar-refractivity contribution in [3.05, 3.63) is 89.2 Å². The van der Waals surface area contributed by atoms with Crippen molar-refractivity contribution in [3.8, 4) is 22.6 Å². The van der Waals surface area contributed by atoms with Gasteiger partial charge in [-0.2, -0.15) is 0 Å². The van der Waals surface area contributed by atoms with E-state index in [0.717, 1.165) is 102 Å². The summed E-state index contributed by atoms with van der Waals surface area (Å²) in [6, 6.07) is 22.3. The van der Waals surface area contributed by atoms with E-state index < -0.39 is 0 Å². The van der Waals surface area contributed by atoms with Crippen LogP contribution in [0.3, 0.4) is 0 Å². The largest absolute Gasteiger partial charge is 0.495 e. The molecule has 1 aliphatic carbocycles. The average Bonchev–Trinajstić information content (AvgIpc) is 3.55. The number of anilines is 1. The molecule has 1 fully saturated rings. The molecule has 0 radical (unpaired) electrons. The van der Waals surface area contributed by atoms with Crippen molar-refractivity contribution >= 4 is 5.69 Å². The van der Waals surface area contributed by atoms with Gasteiger partial charge in [0, 0.05) is 63.5 Å². The zero-order valence-electron chi connectivity index (χ0n) is 27.5. The molecule has 3 aromatic carbocycles. The minimum absolute atomic E-state index is 0.485. The van der Waals surface area contributed by atoms with Crippen LogP contribution in [-0.4, -0.2) is 84.3 Å². The van der Waals surface area contributed by atoms with Crippen LogP contribution in [-0.2, 0) is 25.8 Å². The number of aryl methyl sites for hydroxylation is 2. The molecule has 0 spiro atoms. The van der Waals surface area contributed by atoms with Crippen LogP contribution in [0.5, 0.6) is 11.5 Å². The van der Waals surface area contributed by atoms with Crippen molar-refractivity contribution in [3.63, 3.8) is 0 Å². The van der Waals surface area contributed by atoms with Crippen molar-refractivity contribution in [1.29, 1.82) is 0 Å². The zero-order chi connectivity index (χ0) is 31.3. The summed E-state index contributed by atoms with van der Waals surface area (Å²) in [6.45, 7) is 11.4. The first-order chi connectivity index (χ1) is 22.7. The molecular weight excluding hydrogens is 572 g/mol. The van der Waals surface area contributed by atoms with Crippen LogP contribution in [0.1, 0.15) is 54.6 Å². The second-order valence-electron chi connectivity index (χ2n) is 13.0. The number of hydrogen-bond donors (Lipinski definition) is 0. The van der Waals surface area contributed by atoms with E-state index in [4.69, 9.17) is 9.47 Å². The lowest BCUT2D eigenvalue weighted by molar-refractivity contribution is 0.183. The van der Waals surface area contributed by atoms with Crippen molar-refractivity contribution in [2.45, 2.75) is 58.0 Å². The molecule has 0 amide bonds. The number of methoxy groups -OCH3 is 1. The van der Waals surface area contributed by atoms with E-state index in [1.807, 2.05) is 16.8 Å². The lowest BCUT2D eigenvalue weighted by Crippen LogP contribution is -2.46. The number of fused-ring (bicyclic) bond motifs is 2. The highest BCUT2D eigenvalue weighted by atomic mass is 16.5. The molecule has 46 heavy (non-hydrogen) atoms. The summed E-state index contributed by atoms with van der Waals surface area (Å²) in [5.74, 6) is 1.97. The molecule has 242 valence electrons. The Morgan fingerprint density at radius 3 is 2.52 bits per heavy atom. The van der Waals surface area contributed by atoms with Gasteiger partial charge < -0.3 is 14.4 Å². The molecule has 3 heterocycles. The highest BCUT2D eigenvalue weighted by Crippen LogP contribution is 2.48. The van der Waals surface area contributed by atoms with Gasteiger partial charge in [-0.3, -0.25) is 14.5 Å². The Balaban J connectivity index is 0.877. The number of rotatable bonds is 13. The molecule has 0 N–H and O–H groups in total. The molecular formula is C38H48N6O2. The second-order valence-corrected chi connectivity index (χ2v) is 13.0. The van der Waals surface area contributed by atoms with Gasteiger partial charge in [0.1, 0.15) is 11.5 Å². The Kier molecular flexibility index (Phi) is 9.54. The summed E-state index contributed by atoms with van der Waals surface area (Å²) in [5, 5.41) is 8.88. The molecule has 8 nitrogen and oxygen atoms in total. The second kappa shape index (κ2) is 14.3. The Morgan fingerprint density at radius 2 is 1.65 bits per heavy atom. The van der Waals surface area contributed by atoms with Crippen LogP contribution in [0.2, 0.25) is 0 Å². The molecule has 8 heteroatoms. The van der Waals surface area contributed by atoms with Crippen LogP contribution >= 0.6 is 0 Å². The number of para-hydroxylation sites is 2. The molecule has 1 saturated heterocycles. The number of nitrogens with zero attached hydrogens (tertiary/aromatic N) is 6. The third-order valence-corrected chi connectivity index (χ3v) is 10.0. The summed E-state index contributed by atoms with van der Waals surface area (Å²) < 4.78 is 14.0. The van der Waals surface area contributed by atoms with Crippen LogP contribution in [0.15, 0.2) is 66.9 Å². The summed E-state index contributed by atoms with van der Waals surface area (Å²) in [4.78, 5) is 7.68. The molecule has 1 aromatic heterocycles. The van der Waals surface area contributed by atoms with Crippen molar-refractivity contribution < 1.29 is 9.47 Å². The van der Waals surface area contributed by atoms with E-state index in [-0.39, 0.29) is 0 Å². The highest BCUT2D eigenvalue weighted by molar-refractivity contribution is 5.80. The minimum atomic E-state index is 0.485. The van der Waals surface area contributed by atoms with Gasteiger partial charge in [0.2, 0.25) is 0 Å². The average molecular weight is 621 g/mol. The van der Waals surface area contributed by atoms with Gasteiger partial charge in [-0.1, -0.05) is 54.6 Å². The SMILES string of the molecule is CCCN1CCc2cccc3c2C1Cc1cccc(OCCCn2cc(CCCN4CCN(c5ccccc5OC)CC4)nn2)c1-3. The first-order valence-electron chi connectivity index (χ1n) is 17.3. The number of benzene rings is 3. The van der Waals surface area contributed by atoms with E-state index in [2.05, 4.69) is 86.7 Å². The van der Waals surface area contributed by atoms with Gasteiger partial charge >= 0.3 is 0 Å². The topological polar surface area (TPSA) is 58.9 Å². The fraction of sp³-hybridized carbons (Fsp3) is 0.474. The first-order valence-corrected chi connectivity index (χ1v) is 17.3. The molecule has 3 aliphatic rings. The Morgan fingerprint density at radius 1 is 0.826 bits per heavy atom. The Hall–Kier alpha value is -3.88. The lowest BCUT2D eigenvalue weighted by atomic mass is 9.77. The van der Waals surface area contributed by atoms with E-state index in [1.165, 1.54) is 39.9 Å². The van der Waals surface area contributed by atoms with E-state index in [9.17, 15) is 0 Å². The molecule has 4 aromatic rings. The number of hydrogen-bond acceptors (Lipinski definition) is 7. The van der Waals surface area contributed by atoms with Crippen LogP contribution in [0.25, 0.3) is 11.1 Å². The van der Waals surface area contributed by atoms with Crippen molar-refractivity contribution in [1.82, 2.24) is 24.8 Å². The molecule has 0 saturated carbocycles. The maximum Gasteiger partial charge on any atom is 0.142 e. The van der Waals surface area contributed by atoms with Crippen LogP contribution < -0.4 is 14.4 Å². The van der Waals surface area contributed by atoms with Crippen LogP contribution in [0.4, 0.5) is 5.69 Å². The first kappa shape index (κ1) is 30.8. The summed E-state index contributed by atoms with van der Waals surface area (Å²) in [6.07, 6.45) is 8.45. The number of piperazine rings is 1. The fourth-order valence-corrected chi connectivity index (χ4v) is 7.77. The molecule has 1 unspecified atom stereocenters. The quantitative estimate of drug-likeness (QED) is 0.169. The van der Waals surface area contributed by atoms with Crippen molar-refractivity contribution in [2.24, 2.45) is 0 Å². The summed E-state index contributed by atoms with van der Waals surface area (Å²) >= 11 is 0. The normalized spacial score (nSPS) is 17.9. The zero-order valence-corrected chi connectivity index (χ0v) is 27.5. The number of ether oxygens (including phenoxy) is 2. The standard InChI is InChI=1S/C38H48N6O2/c1-3-18-42-21-17-29-10-6-13-32-37(29)34(42)27-30-11-7-16-36(38(30)32)46-26-9-20-44-28-31(39-40-44)12-8-19-41-22-24-43(25-23-41)33-14-4-5-15-35(33)45-2/h4-7,10-11,13-16,28,34H,3,8-9,12,17-27H2,1-2H3. The van der Waals surface area contributed by atoms with Gasteiger partial charge in [-0.25, -0.2) is 0 Å². The van der Waals surface area contributed by atoms with E-state index in [1.54, 1.807) is 7.11 Å². The Bertz CT molecular complexity index is 1610. The van der Waals surface area contributed by atoms with Crippen LogP contribution in [0, 0.1) is 0 Å². The van der Waals surface area contributed by atoms with E-state index in [0.29, 0.717) is 12.6 Å². The predicted molar refractivity (Wildman–Crippen MR) is 184 cm³/mol. The maximum absolute atomic E-state index is 6.48. The van der Waals surface area contributed by atoms with Gasteiger partial charge in [0.15, 0.2) is 0 Å². The molecule has 0 bridgehead atoms. The maximum atomic E-state index is 6.48. The summed E-state index contributed by atoms with van der Waals surface area (Å²) in [7, 11) is 1.75. The third-order valence-electron chi connectivity index (χ3n) is 10.0. The number of aromatic nitrogens is 3. The van der Waals surface area contributed by atoms with Gasteiger partial charge in [-0.05, 0) is 85.6 Å². The van der Waals surface area contributed by atoms with Gasteiger partial charge in [0.25, 0.3) is 0 Å². The van der Waals surface area contributed by atoms with Gasteiger partial charge in [-0.15, -0.1) is 5.10 Å². The Labute approximate surface area is 273 Å². The molecule has 1 atom stereocenters. The summed E-state index contributed by atoms with van der Waals surface area (Å²) in [5.41, 5.74) is 9.42. The smallest absolute Gasteiger partial charge is 0.142 e. The minimum Gasteiger partial charge on any atom is -0.495 e. The van der Waals surface area contributed by atoms with Crippen molar-refractivity contribution in [2.75, 3.05) is 64.4 Å².